The van der Waals surface area contributed by atoms with Gasteiger partial charge in [-0.1, -0.05) is 50.6 Å². The Labute approximate surface area is 183 Å². The standard InChI is InChI=1S/C25H30N6/c1-17-6-8-19(9-7-17)22-23(31-13-11-18(15-26-5)14-21(31)30-22)20-10-12-27-24(29-20)28-16-25(2,3)4/h6-14,26H,15-16H2,1-5H3,(H,27,28,29). The van der Waals surface area contributed by atoms with E-state index in [2.05, 4.69) is 90.3 Å². The molecule has 0 fully saturated rings. The molecule has 1 aromatic carbocycles. The van der Waals surface area contributed by atoms with Crippen LogP contribution in [0.5, 0.6) is 0 Å². The molecule has 0 saturated heterocycles. The summed E-state index contributed by atoms with van der Waals surface area (Å²) in [6, 6.07) is 14.7. The summed E-state index contributed by atoms with van der Waals surface area (Å²) >= 11 is 0. The van der Waals surface area contributed by atoms with Gasteiger partial charge in [-0.15, -0.1) is 0 Å². The first kappa shape index (κ1) is 21.0. The SMILES string of the molecule is CNCc1ccn2c(-c3ccnc(NCC(C)(C)C)n3)c(-c3ccc(C)cc3)nc2c1. The van der Waals surface area contributed by atoms with Crippen molar-refractivity contribution >= 4 is 11.6 Å². The molecule has 0 radical (unpaired) electrons. The molecule has 4 rings (SSSR count). The van der Waals surface area contributed by atoms with Crippen LogP contribution < -0.4 is 10.6 Å². The average Bonchev–Trinajstić information content (AvgIpc) is 3.11. The van der Waals surface area contributed by atoms with Gasteiger partial charge in [0.2, 0.25) is 5.95 Å². The number of hydrogen-bond acceptors (Lipinski definition) is 5. The molecule has 2 N–H and O–H groups in total. The Morgan fingerprint density at radius 1 is 1.00 bits per heavy atom. The lowest BCUT2D eigenvalue weighted by molar-refractivity contribution is 0.442. The largest absolute Gasteiger partial charge is 0.354 e. The Hall–Kier alpha value is -3.25. The molecule has 0 aliphatic heterocycles. The highest BCUT2D eigenvalue weighted by Gasteiger charge is 2.18. The molecular formula is C25H30N6. The van der Waals surface area contributed by atoms with Gasteiger partial charge in [0.25, 0.3) is 0 Å². The van der Waals surface area contributed by atoms with Crippen LogP contribution in [0.3, 0.4) is 0 Å². The van der Waals surface area contributed by atoms with E-state index in [0.717, 1.165) is 41.4 Å². The van der Waals surface area contributed by atoms with Gasteiger partial charge in [-0.05, 0) is 43.1 Å². The van der Waals surface area contributed by atoms with Gasteiger partial charge < -0.3 is 10.6 Å². The minimum absolute atomic E-state index is 0.138. The van der Waals surface area contributed by atoms with Crippen LogP contribution in [-0.4, -0.2) is 32.9 Å². The van der Waals surface area contributed by atoms with Gasteiger partial charge in [0.05, 0.1) is 17.1 Å². The first-order chi connectivity index (χ1) is 14.8. The average molecular weight is 415 g/mol. The smallest absolute Gasteiger partial charge is 0.223 e. The third-order valence-corrected chi connectivity index (χ3v) is 5.07. The molecule has 0 spiro atoms. The summed E-state index contributed by atoms with van der Waals surface area (Å²) in [4.78, 5) is 14.3. The van der Waals surface area contributed by atoms with Crippen LogP contribution in [-0.2, 0) is 6.54 Å². The fraction of sp³-hybridized carbons (Fsp3) is 0.320. The molecule has 160 valence electrons. The fourth-order valence-electron chi connectivity index (χ4n) is 3.48. The van der Waals surface area contributed by atoms with Gasteiger partial charge in [-0.25, -0.2) is 15.0 Å². The highest BCUT2D eigenvalue weighted by molar-refractivity contribution is 5.80. The number of anilines is 1. The summed E-state index contributed by atoms with van der Waals surface area (Å²) in [5.74, 6) is 0.629. The van der Waals surface area contributed by atoms with E-state index in [1.54, 1.807) is 6.20 Å². The third-order valence-electron chi connectivity index (χ3n) is 5.07. The topological polar surface area (TPSA) is 67.1 Å². The molecule has 0 unspecified atom stereocenters. The summed E-state index contributed by atoms with van der Waals surface area (Å²) < 4.78 is 2.12. The molecule has 0 aliphatic rings. The van der Waals surface area contributed by atoms with Crippen LogP contribution >= 0.6 is 0 Å². The molecule has 3 heterocycles. The molecule has 6 heteroatoms. The molecule has 0 aliphatic carbocycles. The van der Waals surface area contributed by atoms with Crippen molar-refractivity contribution in [1.29, 1.82) is 0 Å². The molecule has 6 nitrogen and oxygen atoms in total. The van der Waals surface area contributed by atoms with Crippen LogP contribution in [0.2, 0.25) is 0 Å². The summed E-state index contributed by atoms with van der Waals surface area (Å²) in [6.45, 7) is 10.2. The Bertz CT molecular complexity index is 1190. The van der Waals surface area contributed by atoms with Crippen molar-refractivity contribution < 1.29 is 0 Å². The quantitative estimate of drug-likeness (QED) is 0.468. The van der Waals surface area contributed by atoms with E-state index in [1.807, 2.05) is 13.1 Å². The number of rotatable bonds is 6. The summed E-state index contributed by atoms with van der Waals surface area (Å²) in [5, 5.41) is 6.57. The molecule has 0 atom stereocenters. The molecule has 0 bridgehead atoms. The van der Waals surface area contributed by atoms with Crippen molar-refractivity contribution in [2.75, 3.05) is 18.9 Å². The van der Waals surface area contributed by atoms with E-state index >= 15 is 0 Å². The molecule has 4 aromatic rings. The number of imidazole rings is 1. The second-order valence-electron chi connectivity index (χ2n) is 9.15. The van der Waals surface area contributed by atoms with Crippen LogP contribution in [0.4, 0.5) is 5.95 Å². The van der Waals surface area contributed by atoms with Crippen molar-refractivity contribution in [3.8, 4) is 22.6 Å². The van der Waals surface area contributed by atoms with Crippen LogP contribution in [0.15, 0.2) is 54.9 Å². The number of fused-ring (bicyclic) bond motifs is 1. The van der Waals surface area contributed by atoms with Gasteiger partial charge in [0, 0.05) is 31.0 Å². The Balaban J connectivity index is 1.85. The summed E-state index contributed by atoms with van der Waals surface area (Å²) in [6.07, 6.45) is 3.88. The predicted molar refractivity (Wildman–Crippen MR) is 127 cm³/mol. The van der Waals surface area contributed by atoms with E-state index in [1.165, 1.54) is 11.1 Å². The molecule has 0 amide bonds. The zero-order valence-corrected chi connectivity index (χ0v) is 18.9. The molecule has 3 aromatic heterocycles. The lowest BCUT2D eigenvalue weighted by Crippen LogP contribution is -2.20. The number of aromatic nitrogens is 4. The Kier molecular flexibility index (Phi) is 5.74. The van der Waals surface area contributed by atoms with Gasteiger partial charge in [-0.3, -0.25) is 4.40 Å². The first-order valence-electron chi connectivity index (χ1n) is 10.6. The number of nitrogens with zero attached hydrogens (tertiary/aromatic N) is 4. The predicted octanol–water partition coefficient (Wildman–Crippen LogP) is 4.94. The van der Waals surface area contributed by atoms with Gasteiger partial charge >= 0.3 is 0 Å². The zero-order chi connectivity index (χ0) is 22.0. The van der Waals surface area contributed by atoms with Crippen molar-refractivity contribution in [3.63, 3.8) is 0 Å². The number of nitrogens with one attached hydrogen (secondary N) is 2. The maximum atomic E-state index is 5.00. The van der Waals surface area contributed by atoms with Gasteiger partial charge in [0.1, 0.15) is 5.65 Å². The zero-order valence-electron chi connectivity index (χ0n) is 18.9. The van der Waals surface area contributed by atoms with Crippen molar-refractivity contribution in [1.82, 2.24) is 24.7 Å². The normalized spacial score (nSPS) is 11.8. The summed E-state index contributed by atoms with van der Waals surface area (Å²) in [7, 11) is 1.95. The summed E-state index contributed by atoms with van der Waals surface area (Å²) in [5.41, 5.74) is 7.26. The van der Waals surface area contributed by atoms with E-state index in [-0.39, 0.29) is 5.41 Å². The van der Waals surface area contributed by atoms with Gasteiger partial charge in [-0.2, -0.15) is 0 Å². The monoisotopic (exact) mass is 414 g/mol. The van der Waals surface area contributed by atoms with E-state index in [4.69, 9.17) is 9.97 Å². The Morgan fingerprint density at radius 2 is 1.77 bits per heavy atom. The Morgan fingerprint density at radius 3 is 2.48 bits per heavy atom. The number of benzene rings is 1. The maximum Gasteiger partial charge on any atom is 0.223 e. The highest BCUT2D eigenvalue weighted by atomic mass is 15.1. The van der Waals surface area contributed by atoms with Crippen LogP contribution in [0, 0.1) is 12.3 Å². The number of aryl methyl sites for hydroxylation is 1. The highest BCUT2D eigenvalue weighted by Crippen LogP contribution is 2.32. The minimum Gasteiger partial charge on any atom is -0.354 e. The van der Waals surface area contributed by atoms with Crippen molar-refractivity contribution in [2.45, 2.75) is 34.2 Å². The molecular weight excluding hydrogens is 384 g/mol. The number of pyridine rings is 1. The molecule has 0 saturated carbocycles. The lowest BCUT2D eigenvalue weighted by Gasteiger charge is -2.18. The van der Waals surface area contributed by atoms with Crippen LogP contribution in [0.1, 0.15) is 31.9 Å². The van der Waals surface area contributed by atoms with E-state index in [9.17, 15) is 0 Å². The van der Waals surface area contributed by atoms with Gasteiger partial charge in [0.15, 0.2) is 0 Å². The third kappa shape index (κ3) is 4.75. The van der Waals surface area contributed by atoms with E-state index < -0.39 is 0 Å². The number of hydrogen-bond donors (Lipinski definition) is 2. The van der Waals surface area contributed by atoms with E-state index in [0.29, 0.717) is 5.95 Å². The first-order valence-corrected chi connectivity index (χ1v) is 10.6. The molecule has 31 heavy (non-hydrogen) atoms. The maximum absolute atomic E-state index is 5.00. The van der Waals surface area contributed by atoms with Crippen molar-refractivity contribution in [2.24, 2.45) is 5.41 Å². The second kappa shape index (κ2) is 8.47. The fourth-order valence-corrected chi connectivity index (χ4v) is 3.48. The lowest BCUT2D eigenvalue weighted by atomic mass is 9.97. The minimum atomic E-state index is 0.138. The van der Waals surface area contributed by atoms with Crippen LogP contribution in [0.25, 0.3) is 28.3 Å². The van der Waals surface area contributed by atoms with Crippen molar-refractivity contribution in [3.05, 3.63) is 66.0 Å². The second-order valence-corrected chi connectivity index (χ2v) is 9.15.